The molecule has 0 aliphatic carbocycles. The first-order chi connectivity index (χ1) is 8.25. The van der Waals surface area contributed by atoms with Crippen LogP contribution in [0.1, 0.15) is 4.88 Å². The summed E-state index contributed by atoms with van der Waals surface area (Å²) in [4.78, 5) is 3.32. The van der Waals surface area contributed by atoms with E-state index in [-0.39, 0.29) is 5.96 Å². The van der Waals surface area contributed by atoms with Gasteiger partial charge in [0, 0.05) is 18.0 Å². The van der Waals surface area contributed by atoms with Crippen LogP contribution in [0.15, 0.2) is 22.3 Å². The Balaban J connectivity index is 2.00. The fourth-order valence-electron chi connectivity index (χ4n) is 1.52. The van der Waals surface area contributed by atoms with Crippen molar-refractivity contribution in [2.24, 2.45) is 21.7 Å². The highest BCUT2D eigenvalue weighted by molar-refractivity contribution is 7.17. The SMILES string of the molecule is NC(N)=N/N=C\c1ccc(N2CCOCC2)s1. The quantitative estimate of drug-likeness (QED) is 0.457. The molecule has 92 valence electrons. The molecule has 0 atom stereocenters. The maximum Gasteiger partial charge on any atom is 0.211 e. The van der Waals surface area contributed by atoms with Gasteiger partial charge in [0.05, 0.1) is 24.4 Å². The molecule has 0 spiro atoms. The lowest BCUT2D eigenvalue weighted by atomic mass is 10.4. The Bertz CT molecular complexity index is 418. The van der Waals surface area contributed by atoms with E-state index in [1.807, 2.05) is 6.07 Å². The molecular formula is C10H15N5OS. The van der Waals surface area contributed by atoms with Crippen molar-refractivity contribution in [3.05, 3.63) is 17.0 Å². The predicted octanol–water partition coefficient (Wildman–Crippen LogP) is 0.192. The summed E-state index contributed by atoms with van der Waals surface area (Å²) in [6.07, 6.45) is 1.65. The first kappa shape index (κ1) is 11.9. The largest absolute Gasteiger partial charge is 0.378 e. The summed E-state index contributed by atoms with van der Waals surface area (Å²) in [5, 5.41) is 8.56. The number of hydrogen-bond acceptors (Lipinski definition) is 5. The van der Waals surface area contributed by atoms with E-state index in [4.69, 9.17) is 16.2 Å². The maximum absolute atomic E-state index is 5.31. The molecule has 4 N–H and O–H groups in total. The highest BCUT2D eigenvalue weighted by Crippen LogP contribution is 2.25. The standard InChI is InChI=1S/C10H15N5OS/c11-10(12)14-13-7-8-1-2-9(17-8)15-3-5-16-6-4-15/h1-2,7H,3-6H2,(H4,11,12,14)/b13-7-. The molecule has 2 heterocycles. The van der Waals surface area contributed by atoms with E-state index >= 15 is 0 Å². The fraction of sp³-hybridized carbons (Fsp3) is 0.400. The Morgan fingerprint density at radius 3 is 2.82 bits per heavy atom. The number of nitrogens with two attached hydrogens (primary N) is 2. The molecule has 1 aliphatic heterocycles. The second-order valence-corrected chi connectivity index (χ2v) is 4.64. The van der Waals surface area contributed by atoms with Crippen molar-refractivity contribution < 1.29 is 4.74 Å². The summed E-state index contributed by atoms with van der Waals surface area (Å²) in [7, 11) is 0. The van der Waals surface area contributed by atoms with Gasteiger partial charge in [-0.1, -0.05) is 0 Å². The lowest BCUT2D eigenvalue weighted by Gasteiger charge is -2.27. The number of thiophene rings is 1. The third-order valence-corrected chi connectivity index (χ3v) is 3.37. The first-order valence-corrected chi connectivity index (χ1v) is 6.12. The summed E-state index contributed by atoms with van der Waals surface area (Å²) < 4.78 is 5.31. The number of rotatable bonds is 3. The Kier molecular flexibility index (Phi) is 3.94. The third-order valence-electron chi connectivity index (χ3n) is 2.29. The minimum atomic E-state index is -0.0359. The van der Waals surface area contributed by atoms with E-state index in [2.05, 4.69) is 21.2 Å². The van der Waals surface area contributed by atoms with Crippen LogP contribution in [0.25, 0.3) is 0 Å². The second-order valence-electron chi connectivity index (χ2n) is 3.54. The van der Waals surface area contributed by atoms with Crippen molar-refractivity contribution in [1.82, 2.24) is 0 Å². The van der Waals surface area contributed by atoms with Gasteiger partial charge in [-0.15, -0.1) is 16.4 Å². The molecule has 2 rings (SSSR count). The predicted molar refractivity (Wildman–Crippen MR) is 70.8 cm³/mol. The van der Waals surface area contributed by atoms with Crippen LogP contribution in [0.3, 0.4) is 0 Å². The highest BCUT2D eigenvalue weighted by atomic mass is 32.1. The number of morpholine rings is 1. The van der Waals surface area contributed by atoms with Gasteiger partial charge >= 0.3 is 0 Å². The average molecular weight is 253 g/mol. The van der Waals surface area contributed by atoms with E-state index in [0.29, 0.717) is 0 Å². The van der Waals surface area contributed by atoms with Gasteiger partial charge in [0.2, 0.25) is 5.96 Å². The van der Waals surface area contributed by atoms with Crippen molar-refractivity contribution in [2.45, 2.75) is 0 Å². The number of ether oxygens (including phenoxy) is 1. The van der Waals surface area contributed by atoms with E-state index in [1.165, 1.54) is 5.00 Å². The van der Waals surface area contributed by atoms with Crippen LogP contribution >= 0.6 is 11.3 Å². The number of anilines is 1. The van der Waals surface area contributed by atoms with Gasteiger partial charge in [0.1, 0.15) is 0 Å². The number of nitrogens with zero attached hydrogens (tertiary/aromatic N) is 3. The normalized spacial score (nSPS) is 16.4. The van der Waals surface area contributed by atoms with Gasteiger partial charge in [-0.2, -0.15) is 5.10 Å². The molecule has 6 nitrogen and oxygen atoms in total. The van der Waals surface area contributed by atoms with Crippen molar-refractivity contribution in [2.75, 3.05) is 31.2 Å². The monoisotopic (exact) mass is 253 g/mol. The Labute approximate surface area is 104 Å². The van der Waals surface area contributed by atoms with Crippen molar-refractivity contribution in [1.29, 1.82) is 0 Å². The lowest BCUT2D eigenvalue weighted by Crippen LogP contribution is -2.35. The summed E-state index contributed by atoms with van der Waals surface area (Å²) in [6, 6.07) is 4.08. The van der Waals surface area contributed by atoms with Crippen LogP contribution in [0, 0.1) is 0 Å². The van der Waals surface area contributed by atoms with Crippen LogP contribution < -0.4 is 16.4 Å². The van der Waals surface area contributed by atoms with Crippen molar-refractivity contribution >= 4 is 28.5 Å². The summed E-state index contributed by atoms with van der Waals surface area (Å²) in [6.45, 7) is 3.45. The topological polar surface area (TPSA) is 89.2 Å². The average Bonchev–Trinajstić information content (AvgIpc) is 2.78. The zero-order chi connectivity index (χ0) is 12.1. The Hall–Kier alpha value is -1.60. The molecule has 0 unspecified atom stereocenters. The highest BCUT2D eigenvalue weighted by Gasteiger charge is 2.12. The summed E-state index contributed by atoms with van der Waals surface area (Å²) in [5.74, 6) is -0.0359. The summed E-state index contributed by atoms with van der Waals surface area (Å²) >= 11 is 1.66. The van der Waals surface area contributed by atoms with Crippen LogP contribution in [0.2, 0.25) is 0 Å². The zero-order valence-corrected chi connectivity index (χ0v) is 10.2. The van der Waals surface area contributed by atoms with E-state index < -0.39 is 0 Å². The molecule has 1 aromatic rings. The zero-order valence-electron chi connectivity index (χ0n) is 9.37. The molecule has 0 amide bonds. The number of hydrogen-bond donors (Lipinski definition) is 2. The van der Waals surface area contributed by atoms with E-state index in [1.54, 1.807) is 17.6 Å². The Morgan fingerprint density at radius 2 is 2.12 bits per heavy atom. The minimum absolute atomic E-state index is 0.0359. The fourth-order valence-corrected chi connectivity index (χ4v) is 2.44. The Morgan fingerprint density at radius 1 is 1.35 bits per heavy atom. The smallest absolute Gasteiger partial charge is 0.211 e. The van der Waals surface area contributed by atoms with Crippen molar-refractivity contribution in [3.63, 3.8) is 0 Å². The van der Waals surface area contributed by atoms with Crippen LogP contribution in [-0.2, 0) is 4.74 Å². The summed E-state index contributed by atoms with van der Waals surface area (Å²) in [5.41, 5.74) is 10.3. The van der Waals surface area contributed by atoms with Gasteiger partial charge in [-0.3, -0.25) is 0 Å². The second kappa shape index (κ2) is 5.65. The lowest BCUT2D eigenvalue weighted by molar-refractivity contribution is 0.123. The molecular weight excluding hydrogens is 238 g/mol. The van der Waals surface area contributed by atoms with Gasteiger partial charge in [-0.25, -0.2) is 0 Å². The first-order valence-electron chi connectivity index (χ1n) is 5.30. The molecule has 0 bridgehead atoms. The van der Waals surface area contributed by atoms with E-state index in [9.17, 15) is 0 Å². The third kappa shape index (κ3) is 3.43. The molecule has 0 radical (unpaired) electrons. The van der Waals surface area contributed by atoms with Gasteiger partial charge in [-0.05, 0) is 12.1 Å². The maximum atomic E-state index is 5.31. The minimum Gasteiger partial charge on any atom is -0.378 e. The van der Waals surface area contributed by atoms with E-state index in [0.717, 1.165) is 31.2 Å². The molecule has 1 aromatic heterocycles. The van der Waals surface area contributed by atoms with Gasteiger partial charge in [0.25, 0.3) is 0 Å². The molecule has 17 heavy (non-hydrogen) atoms. The van der Waals surface area contributed by atoms with Crippen molar-refractivity contribution in [3.8, 4) is 0 Å². The van der Waals surface area contributed by atoms with Crippen LogP contribution in [-0.4, -0.2) is 38.5 Å². The molecule has 1 saturated heterocycles. The van der Waals surface area contributed by atoms with Gasteiger partial charge in [0.15, 0.2) is 0 Å². The van der Waals surface area contributed by atoms with Crippen LogP contribution in [0.5, 0.6) is 0 Å². The molecule has 0 aromatic carbocycles. The molecule has 0 saturated carbocycles. The molecule has 1 aliphatic rings. The molecule has 1 fully saturated rings. The van der Waals surface area contributed by atoms with Gasteiger partial charge < -0.3 is 21.1 Å². The number of guanidine groups is 1. The van der Waals surface area contributed by atoms with Crippen LogP contribution in [0.4, 0.5) is 5.00 Å². The molecule has 7 heteroatoms.